The number of hydrogen-bond donors (Lipinski definition) is 1. The number of likely N-dealkylation sites (tertiary alicyclic amines) is 1. The van der Waals surface area contributed by atoms with Crippen LogP contribution < -0.4 is 10.1 Å². The van der Waals surface area contributed by atoms with E-state index in [0.29, 0.717) is 30.8 Å². The van der Waals surface area contributed by atoms with Crippen molar-refractivity contribution in [1.29, 1.82) is 0 Å². The summed E-state index contributed by atoms with van der Waals surface area (Å²) in [7, 11) is 2.94. The highest BCUT2D eigenvalue weighted by molar-refractivity contribution is 5.89. The maximum atomic E-state index is 15.2. The molecule has 10 nitrogen and oxygen atoms in total. The molecular formula is C23H25F5N8O2. The number of nitrogens with one attached hydrogen (secondary N) is 1. The lowest BCUT2D eigenvalue weighted by molar-refractivity contribution is -0.142. The predicted octanol–water partition coefficient (Wildman–Crippen LogP) is 3.32. The topological polar surface area (TPSA) is 94.6 Å². The maximum Gasteiger partial charge on any atom is 0.408 e. The van der Waals surface area contributed by atoms with Crippen LogP contribution in [0.25, 0.3) is 27.7 Å². The minimum atomic E-state index is -4.51. The van der Waals surface area contributed by atoms with Gasteiger partial charge >= 0.3 is 6.18 Å². The van der Waals surface area contributed by atoms with E-state index in [0.717, 1.165) is 6.20 Å². The van der Waals surface area contributed by atoms with Crippen molar-refractivity contribution in [2.45, 2.75) is 31.4 Å². The molecule has 204 valence electrons. The third-order valence-electron chi connectivity index (χ3n) is 6.43. The summed E-state index contributed by atoms with van der Waals surface area (Å²) in [4.78, 5) is 6.29. The Morgan fingerprint density at radius 2 is 2.03 bits per heavy atom. The van der Waals surface area contributed by atoms with Crippen LogP contribution in [0, 0.1) is 5.82 Å². The van der Waals surface area contributed by atoms with E-state index in [1.807, 2.05) is 4.90 Å². The highest BCUT2D eigenvalue weighted by Crippen LogP contribution is 2.35. The fraction of sp³-hybridized carbons (Fsp3) is 0.478. The molecule has 5 rings (SSSR count). The Bertz CT molecular complexity index is 1440. The van der Waals surface area contributed by atoms with E-state index in [4.69, 9.17) is 9.47 Å². The predicted molar refractivity (Wildman–Crippen MR) is 127 cm³/mol. The van der Waals surface area contributed by atoms with Gasteiger partial charge in [-0.3, -0.25) is 4.90 Å². The number of hydrogen-bond acceptors (Lipinski definition) is 8. The Kier molecular flexibility index (Phi) is 7.05. The Morgan fingerprint density at radius 1 is 1.21 bits per heavy atom. The minimum absolute atomic E-state index is 0.0105. The first-order valence-corrected chi connectivity index (χ1v) is 11.8. The van der Waals surface area contributed by atoms with Gasteiger partial charge in [-0.1, -0.05) is 11.3 Å². The van der Waals surface area contributed by atoms with Crippen molar-refractivity contribution in [3.8, 4) is 17.0 Å². The van der Waals surface area contributed by atoms with Crippen molar-refractivity contribution in [3.05, 3.63) is 30.2 Å². The molecular weight excluding hydrogens is 515 g/mol. The Hall–Kier alpha value is -3.59. The fourth-order valence-electron chi connectivity index (χ4n) is 4.63. The summed E-state index contributed by atoms with van der Waals surface area (Å²) >= 11 is 0. The quantitative estimate of drug-likeness (QED) is 0.340. The highest BCUT2D eigenvalue weighted by atomic mass is 19.4. The van der Waals surface area contributed by atoms with Gasteiger partial charge in [0.25, 0.3) is 0 Å². The van der Waals surface area contributed by atoms with Crippen LogP contribution in [0.15, 0.2) is 24.4 Å². The first kappa shape index (κ1) is 26.0. The molecule has 0 aliphatic carbocycles. The number of rotatable bonds is 8. The van der Waals surface area contributed by atoms with Crippen LogP contribution in [0.3, 0.4) is 0 Å². The fourth-order valence-corrected chi connectivity index (χ4v) is 4.63. The van der Waals surface area contributed by atoms with Crippen LogP contribution in [-0.2, 0) is 11.3 Å². The molecule has 15 heteroatoms. The van der Waals surface area contributed by atoms with Crippen LogP contribution >= 0.6 is 0 Å². The van der Waals surface area contributed by atoms with E-state index in [1.54, 1.807) is 7.11 Å². The van der Waals surface area contributed by atoms with Gasteiger partial charge in [-0.2, -0.15) is 18.2 Å². The summed E-state index contributed by atoms with van der Waals surface area (Å²) in [6.45, 7) is 0.687. The number of benzene rings is 1. The van der Waals surface area contributed by atoms with E-state index in [9.17, 15) is 17.6 Å². The zero-order chi connectivity index (χ0) is 27.0. The number of nitrogens with zero attached hydrogens (tertiary/aromatic N) is 7. The molecule has 0 radical (unpaired) electrons. The largest absolute Gasteiger partial charge is 0.479 e. The molecule has 4 heterocycles. The summed E-state index contributed by atoms with van der Waals surface area (Å²) < 4.78 is 81.4. The summed E-state index contributed by atoms with van der Waals surface area (Å²) in [6.07, 6.45) is -4.09. The molecule has 0 saturated carbocycles. The molecule has 0 unspecified atom stereocenters. The second-order valence-corrected chi connectivity index (χ2v) is 9.00. The van der Waals surface area contributed by atoms with Gasteiger partial charge < -0.3 is 14.8 Å². The van der Waals surface area contributed by atoms with Crippen molar-refractivity contribution < 1.29 is 31.4 Å². The first-order chi connectivity index (χ1) is 18.2. The molecule has 0 bridgehead atoms. The first-order valence-electron chi connectivity index (χ1n) is 11.8. The van der Waals surface area contributed by atoms with Gasteiger partial charge in [0.2, 0.25) is 11.8 Å². The van der Waals surface area contributed by atoms with Gasteiger partial charge in [0.1, 0.15) is 23.7 Å². The average Bonchev–Trinajstić information content (AvgIpc) is 3.41. The second kappa shape index (κ2) is 10.3. The average molecular weight is 540 g/mol. The molecule has 3 aromatic heterocycles. The summed E-state index contributed by atoms with van der Waals surface area (Å²) in [5, 5.41) is 14.6. The van der Waals surface area contributed by atoms with E-state index in [1.165, 1.54) is 29.8 Å². The Morgan fingerprint density at radius 3 is 2.74 bits per heavy atom. The monoisotopic (exact) mass is 540 g/mol. The van der Waals surface area contributed by atoms with Crippen molar-refractivity contribution in [2.75, 3.05) is 45.8 Å². The number of aromatic nitrogens is 6. The number of methoxy groups -OCH3 is 2. The minimum Gasteiger partial charge on any atom is -0.479 e. The van der Waals surface area contributed by atoms with E-state index in [2.05, 4.69) is 25.7 Å². The normalized spacial score (nSPS) is 18.9. The van der Waals surface area contributed by atoms with Gasteiger partial charge in [-0.15, -0.1) is 10.2 Å². The van der Waals surface area contributed by atoms with Gasteiger partial charge in [-0.05, 0) is 24.1 Å². The zero-order valence-corrected chi connectivity index (χ0v) is 20.5. The molecule has 1 N–H and O–H groups in total. The van der Waals surface area contributed by atoms with Crippen molar-refractivity contribution in [3.63, 3.8) is 0 Å². The number of anilines is 1. The molecule has 1 saturated heterocycles. The van der Waals surface area contributed by atoms with Crippen molar-refractivity contribution in [2.24, 2.45) is 0 Å². The molecule has 1 aromatic carbocycles. The van der Waals surface area contributed by atoms with Crippen LogP contribution in [0.1, 0.15) is 6.42 Å². The lowest BCUT2D eigenvalue weighted by atomic mass is 10.0. The second-order valence-electron chi connectivity index (χ2n) is 9.00. The molecule has 0 spiro atoms. The molecule has 0 amide bonds. The molecule has 1 aliphatic heterocycles. The third-order valence-corrected chi connectivity index (χ3v) is 6.43. The standard InChI is InChI=1S/C23H25F5N8O2/c1-37-8-7-34-6-5-16(14(24)10-34)29-22-30-21(38-2)20-19(15(25)11-35(20)32-22)13-3-4-17-18(9-13)36(33-31-17)12-23(26,27)28/h3-4,9,11,14,16H,5-8,10,12H2,1-2H3,(H,29,32)/t14-,16-/m1/s1. The highest BCUT2D eigenvalue weighted by Gasteiger charge is 2.31. The Balaban J connectivity index is 1.46. The van der Waals surface area contributed by atoms with E-state index >= 15 is 4.39 Å². The number of fused-ring (bicyclic) bond motifs is 2. The van der Waals surface area contributed by atoms with Crippen LogP contribution in [0.5, 0.6) is 5.88 Å². The summed E-state index contributed by atoms with van der Waals surface area (Å²) in [5.41, 5.74) is 0.770. The van der Waals surface area contributed by atoms with E-state index in [-0.39, 0.29) is 46.1 Å². The van der Waals surface area contributed by atoms with Crippen molar-refractivity contribution in [1.82, 2.24) is 34.5 Å². The SMILES string of the molecule is COCCN1CC[C@@H](Nc2nc(OC)c3c(-c4ccc5nnn(CC(F)(F)F)c5c4)c(F)cn3n2)[C@H](F)C1. The lowest BCUT2D eigenvalue weighted by Crippen LogP contribution is -2.48. The number of ether oxygens (including phenoxy) is 2. The third kappa shape index (κ3) is 5.20. The zero-order valence-electron chi connectivity index (χ0n) is 20.5. The molecule has 4 aromatic rings. The smallest absolute Gasteiger partial charge is 0.408 e. The van der Waals surface area contributed by atoms with Crippen LogP contribution in [-0.4, -0.2) is 93.3 Å². The Labute approximate surface area is 213 Å². The van der Waals surface area contributed by atoms with Crippen molar-refractivity contribution >= 4 is 22.5 Å². The number of halogens is 5. The summed E-state index contributed by atoms with van der Waals surface area (Å²) in [6, 6.07) is 3.79. The molecule has 1 aliphatic rings. The van der Waals surface area contributed by atoms with Gasteiger partial charge in [0.05, 0.1) is 37.0 Å². The van der Waals surface area contributed by atoms with Crippen LogP contribution in [0.2, 0.25) is 0 Å². The number of piperidine rings is 1. The van der Waals surface area contributed by atoms with Gasteiger partial charge in [0.15, 0.2) is 5.82 Å². The van der Waals surface area contributed by atoms with Gasteiger partial charge in [0, 0.05) is 26.7 Å². The molecule has 1 fully saturated rings. The number of alkyl halides is 4. The molecule has 2 atom stereocenters. The molecule has 38 heavy (non-hydrogen) atoms. The maximum absolute atomic E-state index is 15.2. The van der Waals surface area contributed by atoms with E-state index < -0.39 is 30.8 Å². The summed E-state index contributed by atoms with van der Waals surface area (Å²) in [5.74, 6) is -0.632. The van der Waals surface area contributed by atoms with Crippen LogP contribution in [0.4, 0.5) is 27.9 Å². The lowest BCUT2D eigenvalue weighted by Gasteiger charge is -2.34. The van der Waals surface area contributed by atoms with Gasteiger partial charge in [-0.25, -0.2) is 18.0 Å².